The summed E-state index contributed by atoms with van der Waals surface area (Å²) in [5.41, 5.74) is 6.09. The zero-order valence-electron chi connectivity index (χ0n) is 5.95. The molecule has 2 atom stereocenters. The molecule has 1 aliphatic rings. The van der Waals surface area contributed by atoms with E-state index in [1.807, 2.05) is 0 Å². The lowest BCUT2D eigenvalue weighted by Crippen LogP contribution is -2.10. The monoisotopic (exact) mass is 151 g/mol. The van der Waals surface area contributed by atoms with E-state index in [9.17, 15) is 4.79 Å². The first-order valence-corrected chi connectivity index (χ1v) is 3.57. The van der Waals surface area contributed by atoms with Crippen molar-refractivity contribution in [3.05, 3.63) is 18.2 Å². The van der Waals surface area contributed by atoms with Gasteiger partial charge in [0.15, 0.2) is 5.78 Å². The average Bonchev–Trinajstić information content (AvgIpc) is 2.56. The fraction of sp³-hybridized carbons (Fsp3) is 0.429. The first-order chi connectivity index (χ1) is 5.29. The van der Waals surface area contributed by atoms with Gasteiger partial charge in [-0.3, -0.25) is 4.79 Å². The molecule has 1 aromatic heterocycles. The van der Waals surface area contributed by atoms with Crippen LogP contribution >= 0.6 is 0 Å². The van der Waals surface area contributed by atoms with Crippen LogP contribution < -0.4 is 5.73 Å². The third kappa shape index (κ3) is 1.05. The van der Waals surface area contributed by atoms with Crippen molar-refractivity contribution >= 4 is 5.78 Å². The Morgan fingerprint density at radius 3 is 3.00 bits per heavy atom. The minimum atomic E-state index is 0.0375. The largest absolute Gasteiger partial charge is 0.342 e. The van der Waals surface area contributed by atoms with Gasteiger partial charge in [0, 0.05) is 12.0 Å². The molecule has 0 spiro atoms. The second-order valence-electron chi connectivity index (χ2n) is 2.84. The van der Waals surface area contributed by atoms with Crippen LogP contribution in [0.1, 0.15) is 16.9 Å². The van der Waals surface area contributed by atoms with E-state index < -0.39 is 0 Å². The lowest BCUT2D eigenvalue weighted by molar-refractivity contribution is 0.0961. The molecule has 4 heteroatoms. The molecule has 3 N–H and O–H groups in total. The lowest BCUT2D eigenvalue weighted by atomic mass is 10.2. The van der Waals surface area contributed by atoms with Crippen molar-refractivity contribution in [2.75, 3.05) is 0 Å². The van der Waals surface area contributed by atoms with Crippen molar-refractivity contribution in [2.45, 2.75) is 12.5 Å². The zero-order chi connectivity index (χ0) is 7.84. The van der Waals surface area contributed by atoms with E-state index in [1.165, 1.54) is 12.5 Å². The van der Waals surface area contributed by atoms with Gasteiger partial charge in [0.05, 0.1) is 12.5 Å². The Kier molecular flexibility index (Phi) is 1.29. The quantitative estimate of drug-likeness (QED) is 0.581. The number of imidazole rings is 1. The molecule has 0 unspecified atom stereocenters. The smallest absolute Gasteiger partial charge is 0.185 e. The topological polar surface area (TPSA) is 71.8 Å². The summed E-state index contributed by atoms with van der Waals surface area (Å²) in [7, 11) is 0. The molecule has 0 aromatic carbocycles. The van der Waals surface area contributed by atoms with Crippen LogP contribution in [-0.4, -0.2) is 21.8 Å². The molecule has 1 heterocycles. The highest BCUT2D eigenvalue weighted by molar-refractivity contribution is 5.98. The normalized spacial score (nSPS) is 28.5. The number of carbonyl (C=O) groups is 1. The second kappa shape index (κ2) is 2.17. The van der Waals surface area contributed by atoms with Crippen molar-refractivity contribution in [2.24, 2.45) is 11.7 Å². The van der Waals surface area contributed by atoms with Gasteiger partial charge in [0.25, 0.3) is 0 Å². The molecular formula is C7H9N3O. The van der Waals surface area contributed by atoms with E-state index in [2.05, 4.69) is 9.97 Å². The van der Waals surface area contributed by atoms with Gasteiger partial charge in [-0.2, -0.15) is 0 Å². The van der Waals surface area contributed by atoms with E-state index in [0.29, 0.717) is 5.69 Å². The molecule has 1 saturated carbocycles. The van der Waals surface area contributed by atoms with Gasteiger partial charge in [-0.15, -0.1) is 0 Å². The summed E-state index contributed by atoms with van der Waals surface area (Å²) in [6.07, 6.45) is 3.85. The Hall–Kier alpha value is -1.16. The Morgan fingerprint density at radius 1 is 1.82 bits per heavy atom. The Labute approximate surface area is 63.8 Å². The van der Waals surface area contributed by atoms with E-state index >= 15 is 0 Å². The molecule has 4 nitrogen and oxygen atoms in total. The molecule has 1 aromatic rings. The lowest BCUT2D eigenvalue weighted by Gasteiger charge is -1.91. The summed E-state index contributed by atoms with van der Waals surface area (Å²) in [4.78, 5) is 17.9. The van der Waals surface area contributed by atoms with Gasteiger partial charge >= 0.3 is 0 Å². The van der Waals surface area contributed by atoms with Crippen LogP contribution in [0.4, 0.5) is 0 Å². The van der Waals surface area contributed by atoms with Crippen LogP contribution in [0.2, 0.25) is 0 Å². The Bertz CT molecular complexity index is 267. The predicted molar refractivity (Wildman–Crippen MR) is 39.0 cm³/mol. The fourth-order valence-electron chi connectivity index (χ4n) is 1.11. The number of aromatic nitrogens is 2. The minimum absolute atomic E-state index is 0.0375. The summed E-state index contributed by atoms with van der Waals surface area (Å²) >= 11 is 0. The van der Waals surface area contributed by atoms with Crippen LogP contribution in [-0.2, 0) is 0 Å². The SMILES string of the molecule is N[C@H]1C[C@@H]1C(=O)c1cnc[nH]1. The summed E-state index contributed by atoms with van der Waals surface area (Å²) in [5, 5.41) is 0. The average molecular weight is 151 g/mol. The summed E-state index contributed by atoms with van der Waals surface area (Å²) in [6.45, 7) is 0. The van der Waals surface area contributed by atoms with Crippen molar-refractivity contribution in [1.29, 1.82) is 0 Å². The maximum atomic E-state index is 11.3. The first kappa shape index (κ1) is 6.54. The standard InChI is InChI=1S/C7H9N3O/c8-5-1-4(5)7(11)6-2-9-3-10-6/h2-5H,1,8H2,(H,9,10)/t4-,5-/m0/s1. The van der Waals surface area contributed by atoms with Crippen LogP contribution in [0.15, 0.2) is 12.5 Å². The van der Waals surface area contributed by atoms with Gasteiger partial charge < -0.3 is 10.7 Å². The molecule has 0 radical (unpaired) electrons. The van der Waals surface area contributed by atoms with Crippen molar-refractivity contribution in [3.63, 3.8) is 0 Å². The number of hydrogen-bond donors (Lipinski definition) is 2. The maximum absolute atomic E-state index is 11.3. The predicted octanol–water partition coefficient (Wildman–Crippen LogP) is -0.0604. The third-order valence-corrected chi connectivity index (χ3v) is 1.94. The Balaban J connectivity index is 2.13. The van der Waals surface area contributed by atoms with Crippen molar-refractivity contribution in [1.82, 2.24) is 9.97 Å². The zero-order valence-corrected chi connectivity index (χ0v) is 5.95. The highest BCUT2D eigenvalue weighted by Crippen LogP contribution is 2.30. The van der Waals surface area contributed by atoms with E-state index in [1.54, 1.807) is 0 Å². The van der Waals surface area contributed by atoms with Crippen LogP contribution in [0.3, 0.4) is 0 Å². The number of nitrogens with zero attached hydrogens (tertiary/aromatic N) is 1. The number of carbonyl (C=O) groups excluding carboxylic acids is 1. The molecule has 2 rings (SSSR count). The number of ketones is 1. The third-order valence-electron chi connectivity index (χ3n) is 1.94. The van der Waals surface area contributed by atoms with Crippen molar-refractivity contribution in [3.8, 4) is 0 Å². The fourth-order valence-corrected chi connectivity index (χ4v) is 1.11. The molecule has 0 amide bonds. The molecule has 0 aliphatic heterocycles. The second-order valence-corrected chi connectivity index (χ2v) is 2.84. The first-order valence-electron chi connectivity index (χ1n) is 3.57. The van der Waals surface area contributed by atoms with E-state index in [-0.39, 0.29) is 17.7 Å². The molecule has 11 heavy (non-hydrogen) atoms. The van der Waals surface area contributed by atoms with Gasteiger partial charge in [-0.1, -0.05) is 0 Å². The molecule has 0 saturated heterocycles. The van der Waals surface area contributed by atoms with Crippen LogP contribution in [0, 0.1) is 5.92 Å². The number of hydrogen-bond acceptors (Lipinski definition) is 3. The molecule has 58 valence electrons. The van der Waals surface area contributed by atoms with Crippen molar-refractivity contribution < 1.29 is 4.79 Å². The summed E-state index contributed by atoms with van der Waals surface area (Å²) in [6, 6.07) is 0.0748. The van der Waals surface area contributed by atoms with Crippen LogP contribution in [0.25, 0.3) is 0 Å². The molecular weight excluding hydrogens is 142 g/mol. The van der Waals surface area contributed by atoms with Gasteiger partial charge in [-0.05, 0) is 6.42 Å². The summed E-state index contributed by atoms with van der Waals surface area (Å²) < 4.78 is 0. The number of nitrogens with two attached hydrogens (primary N) is 1. The van der Waals surface area contributed by atoms with E-state index in [4.69, 9.17) is 5.73 Å². The molecule has 1 fully saturated rings. The Morgan fingerprint density at radius 2 is 2.55 bits per heavy atom. The van der Waals surface area contributed by atoms with E-state index in [0.717, 1.165) is 6.42 Å². The molecule has 0 bridgehead atoms. The number of aromatic amines is 1. The number of nitrogens with one attached hydrogen (secondary N) is 1. The number of H-pyrrole nitrogens is 1. The minimum Gasteiger partial charge on any atom is -0.342 e. The molecule has 1 aliphatic carbocycles. The van der Waals surface area contributed by atoms with Gasteiger partial charge in [0.1, 0.15) is 5.69 Å². The van der Waals surface area contributed by atoms with Gasteiger partial charge in [-0.25, -0.2) is 4.98 Å². The highest BCUT2D eigenvalue weighted by atomic mass is 16.1. The van der Waals surface area contributed by atoms with Crippen LogP contribution in [0.5, 0.6) is 0 Å². The highest BCUT2D eigenvalue weighted by Gasteiger charge is 2.40. The number of Topliss-reactive ketones (excluding diaryl/α,β-unsaturated/α-hetero) is 1. The summed E-state index contributed by atoms with van der Waals surface area (Å²) in [5.74, 6) is 0.130. The number of rotatable bonds is 2. The maximum Gasteiger partial charge on any atom is 0.185 e. The van der Waals surface area contributed by atoms with Gasteiger partial charge in [0.2, 0.25) is 0 Å².